The zero-order valence-corrected chi connectivity index (χ0v) is 18.2. The van der Waals surface area contributed by atoms with E-state index in [1.54, 1.807) is 0 Å². The standard InChI is InChI=1S/C21H22ClF6N3O2/c1-12(20(23,24)25)3-10-18(29-2)33-15-7-4-13(5-8-15)30-19(32)31-14-6-9-17(22)16(11-14)21(26,27)28/h3,6,9-11,13,15H,2,4-5,7-8H2,1H3,(H2,30,31,32)/b12-3+,18-10+. The van der Waals surface area contributed by atoms with Crippen molar-refractivity contribution in [2.75, 3.05) is 5.32 Å². The molecule has 0 radical (unpaired) electrons. The normalized spacial score (nSPS) is 20.2. The second-order valence-corrected chi connectivity index (χ2v) is 7.80. The molecule has 1 aromatic carbocycles. The first-order chi connectivity index (χ1) is 15.3. The van der Waals surface area contributed by atoms with E-state index in [0.29, 0.717) is 25.7 Å². The highest BCUT2D eigenvalue weighted by Crippen LogP contribution is 2.36. The number of urea groups is 1. The number of allylic oxidation sites excluding steroid dienone is 3. The maximum atomic E-state index is 12.9. The van der Waals surface area contributed by atoms with Crippen molar-refractivity contribution in [3.63, 3.8) is 0 Å². The number of halogens is 7. The van der Waals surface area contributed by atoms with Gasteiger partial charge in [0.15, 0.2) is 0 Å². The van der Waals surface area contributed by atoms with Gasteiger partial charge in [-0.15, -0.1) is 0 Å². The molecule has 0 spiro atoms. The fourth-order valence-corrected chi connectivity index (χ4v) is 3.31. The molecule has 1 aromatic rings. The molecule has 0 bridgehead atoms. The number of ether oxygens (including phenoxy) is 1. The molecular formula is C21H22ClF6N3O2. The van der Waals surface area contributed by atoms with E-state index in [0.717, 1.165) is 31.2 Å². The van der Waals surface area contributed by atoms with E-state index < -0.39 is 34.5 Å². The molecule has 0 atom stereocenters. The summed E-state index contributed by atoms with van der Waals surface area (Å²) in [4.78, 5) is 15.8. The molecule has 2 rings (SSSR count). The Morgan fingerprint density at radius 1 is 1.15 bits per heavy atom. The lowest BCUT2D eigenvalue weighted by Gasteiger charge is -2.29. The molecule has 2 amide bonds. The molecule has 2 N–H and O–H groups in total. The van der Waals surface area contributed by atoms with E-state index in [1.165, 1.54) is 6.07 Å². The first-order valence-corrected chi connectivity index (χ1v) is 10.2. The van der Waals surface area contributed by atoms with E-state index in [4.69, 9.17) is 16.3 Å². The molecule has 0 heterocycles. The lowest BCUT2D eigenvalue weighted by atomic mass is 9.93. The van der Waals surface area contributed by atoms with Crippen molar-refractivity contribution >= 4 is 30.0 Å². The highest BCUT2D eigenvalue weighted by Gasteiger charge is 2.33. The summed E-state index contributed by atoms with van der Waals surface area (Å²) in [6, 6.07) is 2.13. The Balaban J connectivity index is 1.86. The second kappa shape index (κ2) is 11.0. The number of hydrogen-bond donors (Lipinski definition) is 2. The third-order valence-corrected chi connectivity index (χ3v) is 5.23. The average Bonchev–Trinajstić information content (AvgIpc) is 2.72. The van der Waals surface area contributed by atoms with Crippen molar-refractivity contribution in [2.24, 2.45) is 4.99 Å². The predicted molar refractivity (Wildman–Crippen MR) is 113 cm³/mol. The third kappa shape index (κ3) is 8.30. The largest absolute Gasteiger partial charge is 0.474 e. The van der Waals surface area contributed by atoms with Crippen LogP contribution in [0.15, 0.2) is 46.8 Å². The number of nitrogens with zero attached hydrogens (tertiary/aromatic N) is 1. The molecule has 0 saturated heterocycles. The van der Waals surface area contributed by atoms with Crippen molar-refractivity contribution in [1.82, 2.24) is 5.32 Å². The van der Waals surface area contributed by atoms with Crippen LogP contribution in [-0.2, 0) is 10.9 Å². The van der Waals surface area contributed by atoms with Gasteiger partial charge in [0.05, 0.1) is 10.6 Å². The molecule has 182 valence electrons. The number of carbonyl (C=O) groups excluding carboxylic acids is 1. The maximum absolute atomic E-state index is 12.9. The van der Waals surface area contributed by atoms with Crippen molar-refractivity contribution in [3.8, 4) is 0 Å². The van der Waals surface area contributed by atoms with Crippen LogP contribution in [0.3, 0.4) is 0 Å². The molecule has 5 nitrogen and oxygen atoms in total. The van der Waals surface area contributed by atoms with E-state index in [9.17, 15) is 31.1 Å². The molecule has 33 heavy (non-hydrogen) atoms. The number of amides is 2. The quantitative estimate of drug-likeness (QED) is 0.195. The number of nitrogens with one attached hydrogen (secondary N) is 2. The van der Waals surface area contributed by atoms with Crippen LogP contribution in [0.25, 0.3) is 0 Å². The Kier molecular flexibility index (Phi) is 8.82. The van der Waals surface area contributed by atoms with Crippen LogP contribution in [-0.4, -0.2) is 31.1 Å². The minimum absolute atomic E-state index is 0.0454. The summed E-state index contributed by atoms with van der Waals surface area (Å²) < 4.78 is 82.1. The van der Waals surface area contributed by atoms with Gasteiger partial charge in [0.2, 0.25) is 5.88 Å². The summed E-state index contributed by atoms with van der Waals surface area (Å²) in [5.41, 5.74) is -1.93. The van der Waals surface area contributed by atoms with E-state index >= 15 is 0 Å². The van der Waals surface area contributed by atoms with Crippen LogP contribution in [0.5, 0.6) is 0 Å². The third-order valence-electron chi connectivity index (χ3n) is 4.91. The first-order valence-electron chi connectivity index (χ1n) is 9.83. The zero-order chi connectivity index (χ0) is 24.8. The van der Waals surface area contributed by atoms with Crippen molar-refractivity contribution in [2.45, 2.75) is 57.1 Å². The van der Waals surface area contributed by atoms with Crippen LogP contribution in [0.1, 0.15) is 38.2 Å². The summed E-state index contributed by atoms with van der Waals surface area (Å²) in [5.74, 6) is -0.0454. The number of anilines is 1. The first kappa shape index (κ1) is 26.6. The van der Waals surface area contributed by atoms with Crippen LogP contribution >= 0.6 is 11.6 Å². The SMILES string of the molecule is C=N/C(=C\C=C(/C)C(F)(F)F)OC1CCC(NC(=O)Nc2ccc(Cl)c(C(F)(F)F)c2)CC1. The van der Waals surface area contributed by atoms with Gasteiger partial charge in [0.1, 0.15) is 6.10 Å². The topological polar surface area (TPSA) is 62.7 Å². The van der Waals surface area contributed by atoms with Gasteiger partial charge in [-0.25, -0.2) is 9.79 Å². The van der Waals surface area contributed by atoms with Crippen molar-refractivity contribution in [1.29, 1.82) is 0 Å². The molecular weight excluding hydrogens is 476 g/mol. The van der Waals surface area contributed by atoms with Gasteiger partial charge in [-0.3, -0.25) is 0 Å². The molecule has 12 heteroatoms. The van der Waals surface area contributed by atoms with Crippen LogP contribution in [0.4, 0.5) is 36.8 Å². The summed E-state index contributed by atoms with van der Waals surface area (Å²) in [7, 11) is 0. The van der Waals surface area contributed by atoms with E-state index in [2.05, 4.69) is 22.3 Å². The van der Waals surface area contributed by atoms with Gasteiger partial charge in [0, 0.05) is 23.4 Å². The highest BCUT2D eigenvalue weighted by atomic mass is 35.5. The summed E-state index contributed by atoms with van der Waals surface area (Å²) in [6.45, 7) is 4.21. The number of aliphatic imine (C=N–C) groups is 1. The van der Waals surface area contributed by atoms with E-state index in [-0.39, 0.29) is 23.7 Å². The lowest BCUT2D eigenvalue weighted by molar-refractivity contribution is -0.137. The Morgan fingerprint density at radius 2 is 1.79 bits per heavy atom. The minimum atomic E-state index is -4.65. The molecule has 1 aliphatic carbocycles. The van der Waals surface area contributed by atoms with Gasteiger partial charge in [-0.2, -0.15) is 26.3 Å². The van der Waals surface area contributed by atoms with Crippen LogP contribution < -0.4 is 10.6 Å². The Morgan fingerprint density at radius 3 is 2.33 bits per heavy atom. The monoisotopic (exact) mass is 497 g/mol. The number of hydrogen-bond acceptors (Lipinski definition) is 3. The Hall–Kier alpha value is -2.69. The van der Waals surface area contributed by atoms with Gasteiger partial charge >= 0.3 is 18.4 Å². The van der Waals surface area contributed by atoms with Crippen LogP contribution in [0.2, 0.25) is 5.02 Å². The van der Waals surface area contributed by atoms with Gasteiger partial charge in [0.25, 0.3) is 0 Å². The number of carbonyl (C=O) groups is 1. The van der Waals surface area contributed by atoms with Crippen molar-refractivity contribution < 1.29 is 35.9 Å². The number of alkyl halides is 6. The smallest absolute Gasteiger partial charge is 0.417 e. The number of benzene rings is 1. The molecule has 1 saturated carbocycles. The van der Waals surface area contributed by atoms with Gasteiger partial charge < -0.3 is 15.4 Å². The average molecular weight is 498 g/mol. The fraction of sp³-hybridized carbons (Fsp3) is 0.429. The summed E-state index contributed by atoms with van der Waals surface area (Å²) in [6.07, 6.45) is -5.53. The molecule has 1 aliphatic rings. The lowest BCUT2D eigenvalue weighted by Crippen LogP contribution is -2.41. The van der Waals surface area contributed by atoms with Gasteiger partial charge in [-0.1, -0.05) is 11.6 Å². The predicted octanol–water partition coefficient (Wildman–Crippen LogP) is 6.86. The minimum Gasteiger partial charge on any atom is -0.474 e. The van der Waals surface area contributed by atoms with Crippen LogP contribution in [0, 0.1) is 0 Å². The zero-order valence-electron chi connectivity index (χ0n) is 17.5. The summed E-state index contributed by atoms with van der Waals surface area (Å²) in [5, 5.41) is 4.56. The molecule has 0 aliphatic heterocycles. The Labute approximate surface area is 191 Å². The summed E-state index contributed by atoms with van der Waals surface area (Å²) >= 11 is 5.56. The van der Waals surface area contributed by atoms with Gasteiger partial charge in [-0.05, 0) is 63.6 Å². The second-order valence-electron chi connectivity index (χ2n) is 7.39. The molecule has 0 aromatic heterocycles. The van der Waals surface area contributed by atoms with E-state index in [1.807, 2.05) is 0 Å². The van der Waals surface area contributed by atoms with Crippen molar-refractivity contribution in [3.05, 3.63) is 52.4 Å². The molecule has 1 fully saturated rings. The highest BCUT2D eigenvalue weighted by molar-refractivity contribution is 6.31. The maximum Gasteiger partial charge on any atom is 0.417 e. The fourth-order valence-electron chi connectivity index (χ4n) is 3.09. The Bertz CT molecular complexity index is 920. The number of rotatable bonds is 6. The molecule has 0 unspecified atom stereocenters.